The second kappa shape index (κ2) is 11.8. The number of rotatable bonds is 9. The largest absolute Gasteiger partial charge is 0.382 e. The van der Waals surface area contributed by atoms with Crippen molar-refractivity contribution in [1.82, 2.24) is 19.7 Å². The highest BCUT2D eigenvalue weighted by Gasteiger charge is 2.36. The quantitative estimate of drug-likeness (QED) is 0.327. The third-order valence-corrected chi connectivity index (χ3v) is 7.20. The van der Waals surface area contributed by atoms with Gasteiger partial charge in [-0.15, -0.1) is 0 Å². The van der Waals surface area contributed by atoms with E-state index in [0.717, 1.165) is 50.5 Å². The van der Waals surface area contributed by atoms with Crippen LogP contribution < -0.4 is 5.32 Å². The van der Waals surface area contributed by atoms with E-state index in [1.807, 2.05) is 6.07 Å². The number of β-amino-alcohol motifs (C(OH)–C–C–N with tert-alkyl or cyclic N) is 1. The van der Waals surface area contributed by atoms with Crippen LogP contribution in [0, 0.1) is 11.6 Å². The van der Waals surface area contributed by atoms with E-state index in [1.165, 1.54) is 40.6 Å². The number of nitrogens with one attached hydrogen (secondary N) is 1. The summed E-state index contributed by atoms with van der Waals surface area (Å²) in [5, 5.41) is 19.5. The van der Waals surface area contributed by atoms with Crippen molar-refractivity contribution in [2.75, 3.05) is 25.0 Å². The lowest BCUT2D eigenvalue weighted by molar-refractivity contribution is -0.0209. The van der Waals surface area contributed by atoms with Crippen LogP contribution in [0.5, 0.6) is 0 Å². The molecule has 2 N–H and O–H groups in total. The Labute approximate surface area is 222 Å². The van der Waals surface area contributed by atoms with Crippen molar-refractivity contribution in [3.05, 3.63) is 114 Å². The molecule has 0 spiro atoms. The number of anilines is 1. The van der Waals surface area contributed by atoms with E-state index in [2.05, 4.69) is 68.8 Å². The second-order valence-electron chi connectivity index (χ2n) is 10.2. The highest BCUT2D eigenvalue weighted by atomic mass is 19.1. The van der Waals surface area contributed by atoms with Crippen molar-refractivity contribution in [2.24, 2.45) is 0 Å². The van der Waals surface area contributed by atoms with Crippen molar-refractivity contribution in [3.63, 3.8) is 0 Å². The smallest absolute Gasteiger partial charge is 0.137 e. The van der Waals surface area contributed by atoms with Gasteiger partial charge in [-0.25, -0.2) is 18.4 Å². The topological polar surface area (TPSA) is 66.2 Å². The van der Waals surface area contributed by atoms with Gasteiger partial charge in [-0.1, -0.05) is 48.5 Å². The number of aliphatic hydroxyl groups is 1. The van der Waals surface area contributed by atoms with Gasteiger partial charge < -0.3 is 10.4 Å². The normalized spacial score (nSPS) is 18.0. The first-order chi connectivity index (χ1) is 18.5. The lowest BCUT2D eigenvalue weighted by Gasteiger charge is -2.34. The number of benzene rings is 3. The van der Waals surface area contributed by atoms with E-state index in [4.69, 9.17) is 0 Å². The monoisotopic (exact) mass is 517 g/mol. The van der Waals surface area contributed by atoms with Crippen LogP contribution in [0.15, 0.2) is 85.5 Å². The zero-order valence-electron chi connectivity index (χ0n) is 21.3. The number of aromatic nitrogens is 3. The fraction of sp³-hybridized carbons (Fsp3) is 0.333. The van der Waals surface area contributed by atoms with Crippen LogP contribution in [-0.4, -0.2) is 50.4 Å². The maximum atomic E-state index is 14.8. The zero-order valence-corrected chi connectivity index (χ0v) is 21.3. The van der Waals surface area contributed by atoms with Crippen molar-refractivity contribution < 1.29 is 13.9 Å². The van der Waals surface area contributed by atoms with Gasteiger partial charge in [0.1, 0.15) is 29.9 Å². The predicted octanol–water partition coefficient (Wildman–Crippen LogP) is 5.00. The third kappa shape index (κ3) is 6.62. The maximum Gasteiger partial charge on any atom is 0.137 e. The molecular weight excluding hydrogens is 484 g/mol. The lowest BCUT2D eigenvalue weighted by atomic mass is 9.92. The molecule has 4 aromatic rings. The Morgan fingerprint density at radius 1 is 0.921 bits per heavy atom. The summed E-state index contributed by atoms with van der Waals surface area (Å²) < 4.78 is 29.9. The molecule has 2 unspecified atom stereocenters. The highest BCUT2D eigenvalue weighted by Crippen LogP contribution is 2.29. The van der Waals surface area contributed by atoms with E-state index in [1.54, 1.807) is 0 Å². The highest BCUT2D eigenvalue weighted by molar-refractivity contribution is 5.46. The van der Waals surface area contributed by atoms with Gasteiger partial charge in [-0.2, -0.15) is 5.10 Å². The summed E-state index contributed by atoms with van der Waals surface area (Å²) in [5.41, 5.74) is 2.13. The van der Waals surface area contributed by atoms with Crippen molar-refractivity contribution in [2.45, 2.75) is 43.9 Å². The molecule has 198 valence electrons. The predicted molar refractivity (Wildman–Crippen MR) is 144 cm³/mol. The van der Waals surface area contributed by atoms with Gasteiger partial charge >= 0.3 is 0 Å². The molecule has 0 saturated carbocycles. The first-order valence-corrected chi connectivity index (χ1v) is 13.1. The number of hydrogen-bond donors (Lipinski definition) is 2. The summed E-state index contributed by atoms with van der Waals surface area (Å²) in [5.74, 6) is -1.44. The van der Waals surface area contributed by atoms with Crippen molar-refractivity contribution in [3.8, 4) is 0 Å². The van der Waals surface area contributed by atoms with Gasteiger partial charge in [0.2, 0.25) is 0 Å². The summed E-state index contributed by atoms with van der Waals surface area (Å²) in [7, 11) is 0. The second-order valence-corrected chi connectivity index (χ2v) is 10.2. The molecular formula is C30H33F2N5O. The molecule has 3 aromatic carbocycles. The lowest BCUT2D eigenvalue weighted by Crippen LogP contribution is -2.45. The number of likely N-dealkylation sites (tertiary alicyclic amines) is 1. The van der Waals surface area contributed by atoms with Crippen LogP contribution in [0.4, 0.5) is 14.5 Å². The molecule has 1 aliphatic rings. The van der Waals surface area contributed by atoms with E-state index in [0.29, 0.717) is 6.04 Å². The van der Waals surface area contributed by atoms with Gasteiger partial charge in [0.05, 0.1) is 6.54 Å². The summed E-state index contributed by atoms with van der Waals surface area (Å²) in [6.45, 7) is 1.74. The summed E-state index contributed by atoms with van der Waals surface area (Å²) in [4.78, 5) is 6.10. The molecule has 0 aliphatic carbocycles. The summed E-state index contributed by atoms with van der Waals surface area (Å²) in [6.07, 6.45) is 6.59. The van der Waals surface area contributed by atoms with E-state index < -0.39 is 17.2 Å². The van der Waals surface area contributed by atoms with Gasteiger partial charge in [0.15, 0.2) is 0 Å². The molecule has 2 atom stereocenters. The summed E-state index contributed by atoms with van der Waals surface area (Å²) in [6, 6.07) is 22.6. The van der Waals surface area contributed by atoms with E-state index in [9.17, 15) is 13.9 Å². The molecule has 38 heavy (non-hydrogen) atoms. The van der Waals surface area contributed by atoms with Crippen LogP contribution in [0.3, 0.4) is 0 Å². The fourth-order valence-corrected chi connectivity index (χ4v) is 5.28. The molecule has 1 aliphatic heterocycles. The zero-order chi connectivity index (χ0) is 26.4. The van der Waals surface area contributed by atoms with Crippen LogP contribution in [0.2, 0.25) is 0 Å². The van der Waals surface area contributed by atoms with Crippen molar-refractivity contribution >= 4 is 5.69 Å². The van der Waals surface area contributed by atoms with Crippen LogP contribution in [0.25, 0.3) is 0 Å². The molecule has 6 nitrogen and oxygen atoms in total. The van der Waals surface area contributed by atoms with Gasteiger partial charge in [0.25, 0.3) is 0 Å². The molecule has 8 heteroatoms. The first kappa shape index (κ1) is 26.0. The molecule has 0 amide bonds. The van der Waals surface area contributed by atoms with Crippen molar-refractivity contribution in [1.29, 1.82) is 0 Å². The fourth-order valence-electron chi connectivity index (χ4n) is 5.28. The SMILES string of the molecule is OC(CN1CCCC(Nc2ccc(Cc3ccccc3)cc2)CC1)(Cn1cncn1)c1ccc(F)cc1F. The van der Waals surface area contributed by atoms with E-state index in [-0.39, 0.29) is 18.7 Å². The molecule has 1 saturated heterocycles. The third-order valence-electron chi connectivity index (χ3n) is 7.20. The minimum atomic E-state index is -1.59. The number of hydrogen-bond acceptors (Lipinski definition) is 5. The van der Waals surface area contributed by atoms with Crippen LogP contribution in [0.1, 0.15) is 36.0 Å². The molecule has 1 aromatic heterocycles. The molecule has 0 bridgehead atoms. The summed E-state index contributed by atoms with van der Waals surface area (Å²) >= 11 is 0. The minimum Gasteiger partial charge on any atom is -0.382 e. The minimum absolute atomic E-state index is 0.0169. The average Bonchev–Trinajstić information content (AvgIpc) is 3.31. The number of nitrogens with zero attached hydrogens (tertiary/aromatic N) is 4. The average molecular weight is 518 g/mol. The number of halogens is 2. The molecule has 5 rings (SSSR count). The standard InChI is InChI=1S/C30H33F2N5O/c31-25-10-13-28(29(32)18-25)30(38,20-37-22-33-21-34-37)19-36-15-4-7-26(14-16-36)35-27-11-8-24(9-12-27)17-23-5-2-1-3-6-23/h1-3,5-6,8-13,18,21-22,26,35,38H,4,7,14-17,19-20H2. The van der Waals surface area contributed by atoms with Crippen LogP contribution >= 0.6 is 0 Å². The molecule has 2 heterocycles. The Bertz CT molecular complexity index is 1300. The van der Waals surface area contributed by atoms with Gasteiger partial charge in [-0.05, 0) is 61.6 Å². The van der Waals surface area contributed by atoms with Crippen LogP contribution in [-0.2, 0) is 18.6 Å². The van der Waals surface area contributed by atoms with E-state index >= 15 is 0 Å². The maximum absolute atomic E-state index is 14.8. The Morgan fingerprint density at radius 3 is 2.45 bits per heavy atom. The molecule has 1 fully saturated rings. The Hall–Kier alpha value is -3.62. The Morgan fingerprint density at radius 2 is 1.71 bits per heavy atom. The molecule has 0 radical (unpaired) electrons. The Balaban J connectivity index is 1.22. The Kier molecular flexibility index (Phi) is 8.10. The van der Waals surface area contributed by atoms with Gasteiger partial charge in [-0.3, -0.25) is 4.90 Å². The van der Waals surface area contributed by atoms with Gasteiger partial charge in [0, 0.05) is 36.4 Å². The first-order valence-electron chi connectivity index (χ1n) is 13.1.